The number of para-hydroxylation sites is 1. The summed E-state index contributed by atoms with van der Waals surface area (Å²) in [7, 11) is 0. The monoisotopic (exact) mass is 1490 g/mol. The molecule has 0 aliphatic carbocycles. The SMILES string of the molecule is c1ccc(-c2nc(-c3cccc(-c4ccc(-c5ccc6oc7cc8c(cc7c6c5)oc5cc(-c6ccc(-c7nc(-c9cccc(-c%10cccc(-c%11ccc%12oc%13cc%14c(cc%13c%12c%11)oc%11ccccc%11%14)c%10)c9)nc(-c9cccc%10c9sc9ccccc9%10)n7)cc6)ccc58)cc4)c3)nc(-c3cccc4c3sc3ccccc34)n2)cc1. The highest BCUT2D eigenvalue weighted by Gasteiger charge is 2.23. The molecule has 8 heterocycles. The lowest BCUT2D eigenvalue weighted by Crippen LogP contribution is -2.00. The molecular weight excluding hydrogens is 1440 g/mol. The van der Waals surface area contributed by atoms with Crippen molar-refractivity contribution >= 4 is 151 Å². The summed E-state index contributed by atoms with van der Waals surface area (Å²) < 4.78 is 30.9. The topological polar surface area (TPSA) is 130 Å². The molecular formula is C102H56N6O4S2. The van der Waals surface area contributed by atoms with Crippen LogP contribution in [-0.2, 0) is 0 Å². The summed E-state index contributed by atoms with van der Waals surface area (Å²) >= 11 is 3.54. The van der Waals surface area contributed by atoms with E-state index >= 15 is 0 Å². The van der Waals surface area contributed by atoms with E-state index in [2.05, 4.69) is 303 Å². The van der Waals surface area contributed by atoms with Crippen molar-refractivity contribution in [1.29, 1.82) is 0 Å². The maximum atomic E-state index is 6.80. The van der Waals surface area contributed by atoms with Gasteiger partial charge in [0.05, 0.1) is 0 Å². The summed E-state index contributed by atoms with van der Waals surface area (Å²) in [6.07, 6.45) is 0. The summed E-state index contributed by atoms with van der Waals surface area (Å²) in [4.78, 5) is 31.5. The third kappa shape index (κ3) is 10.6. The molecule has 0 atom stereocenters. The predicted octanol–water partition coefficient (Wildman–Crippen LogP) is 28.7. The number of hydrogen-bond donors (Lipinski definition) is 0. The number of nitrogens with zero attached hydrogens (tertiary/aromatic N) is 6. The highest BCUT2D eigenvalue weighted by Crippen LogP contribution is 2.46. The third-order valence-corrected chi connectivity index (χ3v) is 24.9. The van der Waals surface area contributed by atoms with E-state index in [1.807, 2.05) is 36.4 Å². The second kappa shape index (κ2) is 25.4. The van der Waals surface area contributed by atoms with E-state index in [1.165, 1.54) is 30.9 Å². The predicted molar refractivity (Wildman–Crippen MR) is 468 cm³/mol. The number of aromatic nitrogens is 6. The van der Waals surface area contributed by atoms with Crippen molar-refractivity contribution < 1.29 is 17.7 Å². The van der Waals surface area contributed by atoms with E-state index in [1.54, 1.807) is 22.7 Å². The molecule has 8 aromatic heterocycles. The lowest BCUT2D eigenvalue weighted by Gasteiger charge is -2.11. The number of benzene rings is 16. The van der Waals surface area contributed by atoms with Crippen LogP contribution in [0.1, 0.15) is 0 Å². The molecule has 24 rings (SSSR count). The second-order valence-corrected chi connectivity index (χ2v) is 31.3. The van der Waals surface area contributed by atoms with E-state index in [9.17, 15) is 0 Å². The zero-order valence-electron chi connectivity index (χ0n) is 60.5. The lowest BCUT2D eigenvalue weighted by atomic mass is 9.97. The summed E-state index contributed by atoms with van der Waals surface area (Å²) in [6, 6.07) is 119. The molecule has 0 bridgehead atoms. The molecule has 0 amide bonds. The molecule has 0 aliphatic heterocycles. The summed E-state index contributed by atoms with van der Waals surface area (Å²) in [5, 5.41) is 13.0. The fourth-order valence-corrected chi connectivity index (χ4v) is 19.2. The largest absolute Gasteiger partial charge is 0.456 e. The van der Waals surface area contributed by atoms with Gasteiger partial charge in [-0.25, -0.2) is 29.9 Å². The quantitative estimate of drug-likeness (QED) is 0.123. The van der Waals surface area contributed by atoms with Crippen molar-refractivity contribution in [2.75, 3.05) is 0 Å². The first-order chi connectivity index (χ1) is 56.4. The van der Waals surface area contributed by atoms with E-state index in [0.29, 0.717) is 34.9 Å². The molecule has 16 aromatic carbocycles. The van der Waals surface area contributed by atoms with Crippen LogP contribution in [0.2, 0.25) is 0 Å². The minimum Gasteiger partial charge on any atom is -0.456 e. The van der Waals surface area contributed by atoms with Gasteiger partial charge in [0.25, 0.3) is 0 Å². The Kier molecular flexibility index (Phi) is 14.3. The Bertz CT molecular complexity index is 8130. The van der Waals surface area contributed by atoms with Crippen LogP contribution in [0, 0.1) is 0 Å². The van der Waals surface area contributed by atoms with Gasteiger partial charge < -0.3 is 17.7 Å². The third-order valence-electron chi connectivity index (χ3n) is 22.4. The minimum atomic E-state index is 0.575. The van der Waals surface area contributed by atoms with Gasteiger partial charge in [0, 0.05) is 117 Å². The first kappa shape index (κ1) is 64.0. The zero-order valence-corrected chi connectivity index (χ0v) is 62.1. The molecule has 0 saturated heterocycles. The van der Waals surface area contributed by atoms with Crippen LogP contribution in [0.3, 0.4) is 0 Å². The molecule has 12 heteroatoms. The molecule has 10 nitrogen and oxygen atoms in total. The molecule has 0 fully saturated rings. The number of rotatable bonds is 11. The molecule has 0 radical (unpaired) electrons. The van der Waals surface area contributed by atoms with Crippen molar-refractivity contribution in [3.63, 3.8) is 0 Å². The van der Waals surface area contributed by atoms with E-state index in [4.69, 9.17) is 47.6 Å². The van der Waals surface area contributed by atoms with Crippen LogP contribution in [0.4, 0.5) is 0 Å². The smallest absolute Gasteiger partial charge is 0.165 e. The zero-order chi connectivity index (χ0) is 74.6. The Morgan fingerprint density at radius 1 is 0.158 bits per heavy atom. The second-order valence-electron chi connectivity index (χ2n) is 29.2. The van der Waals surface area contributed by atoms with Crippen LogP contribution in [-0.4, -0.2) is 29.9 Å². The average Bonchev–Trinajstić information content (AvgIpc) is 1.59. The van der Waals surface area contributed by atoms with Gasteiger partial charge in [-0.15, -0.1) is 22.7 Å². The lowest BCUT2D eigenvalue weighted by molar-refractivity contribution is 0.664. The first-order valence-electron chi connectivity index (χ1n) is 37.9. The van der Waals surface area contributed by atoms with Gasteiger partial charge in [-0.3, -0.25) is 0 Å². The van der Waals surface area contributed by atoms with Crippen molar-refractivity contribution in [2.45, 2.75) is 0 Å². The van der Waals surface area contributed by atoms with Gasteiger partial charge in [0.1, 0.15) is 44.7 Å². The molecule has 530 valence electrons. The Morgan fingerprint density at radius 3 is 0.956 bits per heavy atom. The Morgan fingerprint density at radius 2 is 0.447 bits per heavy atom. The standard InChI is InChI=1S/C102H56N6O4S2/c1-2-15-60(16-3-1)97-103-99(107-101(105-97)77-28-13-26-75-73-24-5-8-31-93(73)113-95(75)77)69-21-11-17-62(48-69)57-33-35-58(36-34-57)66-42-45-86-79(50-66)84-56-90-82(54-92(84)110-86)72-44-41-68(52-88(72)112-90)59-37-39-61(40-38-59)98-104-100(108-102(106-98)78-29-14-27-76-74-25-6-9-32-94(74)114-96(76)78)70-22-12-20-65(49-70)63-18-10-19-64(47-63)67-43-46-87-80(51-67)83-55-89-81(53-91(83)111-87)71-23-4-7-30-85(71)109-89/h1-56H. The fourth-order valence-electron chi connectivity index (χ4n) is 16.7. The Hall–Kier alpha value is -14.8. The maximum Gasteiger partial charge on any atom is 0.165 e. The highest BCUT2D eigenvalue weighted by atomic mass is 32.1. The van der Waals surface area contributed by atoms with E-state index < -0.39 is 0 Å². The molecule has 0 saturated carbocycles. The van der Waals surface area contributed by atoms with E-state index in [0.717, 1.165) is 186 Å². The van der Waals surface area contributed by atoms with Crippen LogP contribution in [0.15, 0.2) is 357 Å². The number of thiophene rings is 2. The van der Waals surface area contributed by atoms with Crippen LogP contribution >= 0.6 is 22.7 Å². The number of hydrogen-bond acceptors (Lipinski definition) is 12. The molecule has 0 spiro atoms. The summed E-state index contributed by atoms with van der Waals surface area (Å²) in [5.41, 5.74) is 22.7. The Labute approximate surface area is 657 Å². The van der Waals surface area contributed by atoms with Crippen LogP contribution < -0.4 is 0 Å². The number of fused-ring (bicyclic) bond motifs is 18. The van der Waals surface area contributed by atoms with Crippen LogP contribution in [0.25, 0.3) is 252 Å². The van der Waals surface area contributed by atoms with Crippen LogP contribution in [0.5, 0.6) is 0 Å². The van der Waals surface area contributed by atoms with Gasteiger partial charge in [-0.05, 0) is 165 Å². The van der Waals surface area contributed by atoms with Gasteiger partial charge in [0.15, 0.2) is 34.9 Å². The molecule has 0 aliphatic rings. The number of furan rings is 4. The van der Waals surface area contributed by atoms with Crippen molar-refractivity contribution in [3.05, 3.63) is 340 Å². The average molecular weight is 1490 g/mol. The van der Waals surface area contributed by atoms with Gasteiger partial charge in [-0.1, -0.05) is 231 Å². The Balaban J connectivity index is 0.524. The van der Waals surface area contributed by atoms with Gasteiger partial charge in [-0.2, -0.15) is 0 Å². The normalized spacial score (nSPS) is 12.0. The van der Waals surface area contributed by atoms with Gasteiger partial charge in [0.2, 0.25) is 0 Å². The highest BCUT2D eigenvalue weighted by molar-refractivity contribution is 7.26. The summed E-state index contributed by atoms with van der Waals surface area (Å²) in [6.45, 7) is 0. The molecule has 24 aromatic rings. The van der Waals surface area contributed by atoms with E-state index in [-0.39, 0.29) is 0 Å². The fraction of sp³-hybridized carbons (Fsp3) is 0. The summed E-state index contributed by atoms with van der Waals surface area (Å²) in [5.74, 6) is 3.65. The minimum absolute atomic E-state index is 0.575. The maximum absolute atomic E-state index is 6.80. The molecule has 0 unspecified atom stereocenters. The first-order valence-corrected chi connectivity index (χ1v) is 39.5. The molecule has 114 heavy (non-hydrogen) atoms. The van der Waals surface area contributed by atoms with Crippen molar-refractivity contribution in [3.8, 4) is 124 Å². The van der Waals surface area contributed by atoms with Crippen molar-refractivity contribution in [1.82, 2.24) is 29.9 Å². The molecule has 0 N–H and O–H groups in total. The van der Waals surface area contributed by atoms with Crippen molar-refractivity contribution in [2.24, 2.45) is 0 Å². The van der Waals surface area contributed by atoms with Gasteiger partial charge >= 0.3 is 0 Å².